The smallest absolute Gasteiger partial charge is 0.222 e. The number of carbonyl (C=O) groups excluding carboxylic acids is 1. The maximum atomic E-state index is 11.7. The van der Waals surface area contributed by atoms with Gasteiger partial charge in [-0.25, -0.2) is 0 Å². The highest BCUT2D eigenvalue weighted by atomic mass is 16.5. The molecule has 1 saturated heterocycles. The molecule has 0 saturated carbocycles. The molecule has 18 heavy (non-hydrogen) atoms. The van der Waals surface area contributed by atoms with Gasteiger partial charge in [-0.3, -0.25) is 4.79 Å². The third-order valence-electron chi connectivity index (χ3n) is 3.57. The van der Waals surface area contributed by atoms with E-state index in [1.807, 2.05) is 0 Å². The van der Waals surface area contributed by atoms with Crippen molar-refractivity contribution in [2.75, 3.05) is 26.2 Å². The van der Waals surface area contributed by atoms with Gasteiger partial charge in [0.25, 0.3) is 0 Å². The predicted octanol–water partition coefficient (Wildman–Crippen LogP) is 1.37. The van der Waals surface area contributed by atoms with Crippen molar-refractivity contribution in [2.24, 2.45) is 0 Å². The number of ether oxygens (including phenoxy) is 1. The van der Waals surface area contributed by atoms with Crippen LogP contribution in [0.2, 0.25) is 0 Å². The second kappa shape index (κ2) is 7.54. The topological polar surface area (TPSA) is 50.4 Å². The van der Waals surface area contributed by atoms with Crippen molar-refractivity contribution in [1.82, 2.24) is 10.6 Å². The van der Waals surface area contributed by atoms with E-state index in [0.29, 0.717) is 13.0 Å². The summed E-state index contributed by atoms with van der Waals surface area (Å²) < 4.78 is 5.51. The average molecular weight is 252 g/mol. The fourth-order valence-electron chi connectivity index (χ4n) is 2.52. The Kier molecular flexibility index (Phi) is 5.68. The normalized spacial score (nSPS) is 24.4. The van der Waals surface area contributed by atoms with Crippen LogP contribution in [0.4, 0.5) is 0 Å². The summed E-state index contributed by atoms with van der Waals surface area (Å²) in [5, 5.41) is 6.22. The molecule has 0 spiro atoms. The third-order valence-corrected chi connectivity index (χ3v) is 3.57. The van der Waals surface area contributed by atoms with Gasteiger partial charge >= 0.3 is 0 Å². The van der Waals surface area contributed by atoms with Gasteiger partial charge in [0.05, 0.1) is 19.1 Å². The number of hydrogen-bond acceptors (Lipinski definition) is 3. The Hall–Kier alpha value is -0.870. The van der Waals surface area contributed by atoms with Crippen molar-refractivity contribution >= 4 is 5.91 Å². The highest BCUT2D eigenvalue weighted by Gasteiger charge is 2.16. The van der Waals surface area contributed by atoms with Crippen LogP contribution in [0, 0.1) is 0 Å². The molecule has 1 heterocycles. The molecular formula is C14H24N2O2. The van der Waals surface area contributed by atoms with Crippen molar-refractivity contribution in [2.45, 2.75) is 44.6 Å². The summed E-state index contributed by atoms with van der Waals surface area (Å²) in [7, 11) is 0. The number of rotatable bonds is 5. The van der Waals surface area contributed by atoms with Crippen LogP contribution >= 0.6 is 0 Å². The molecule has 1 atom stereocenters. The van der Waals surface area contributed by atoms with Crippen molar-refractivity contribution < 1.29 is 9.53 Å². The summed E-state index contributed by atoms with van der Waals surface area (Å²) in [5.74, 6) is 0.111. The Morgan fingerprint density at radius 3 is 3.17 bits per heavy atom. The van der Waals surface area contributed by atoms with Crippen LogP contribution in [0.25, 0.3) is 0 Å². The van der Waals surface area contributed by atoms with Crippen LogP contribution in [0.15, 0.2) is 11.6 Å². The summed E-state index contributed by atoms with van der Waals surface area (Å²) in [6, 6.07) is 0. The molecule has 0 aromatic rings. The van der Waals surface area contributed by atoms with E-state index in [4.69, 9.17) is 4.74 Å². The van der Waals surface area contributed by atoms with E-state index in [-0.39, 0.29) is 12.0 Å². The first-order chi connectivity index (χ1) is 8.84. The van der Waals surface area contributed by atoms with Gasteiger partial charge in [-0.2, -0.15) is 0 Å². The van der Waals surface area contributed by atoms with Crippen molar-refractivity contribution in [3.8, 4) is 0 Å². The van der Waals surface area contributed by atoms with Crippen molar-refractivity contribution in [1.29, 1.82) is 0 Å². The summed E-state index contributed by atoms with van der Waals surface area (Å²) in [6.07, 6.45) is 8.93. The molecular weight excluding hydrogens is 228 g/mol. The Labute approximate surface area is 109 Å². The predicted molar refractivity (Wildman–Crippen MR) is 71.4 cm³/mol. The van der Waals surface area contributed by atoms with E-state index in [1.54, 1.807) is 0 Å². The number of morpholine rings is 1. The molecule has 2 aliphatic rings. The Balaban J connectivity index is 1.57. The minimum Gasteiger partial charge on any atom is -0.375 e. The average Bonchev–Trinajstić information content (AvgIpc) is 2.41. The molecule has 1 unspecified atom stereocenters. The molecule has 102 valence electrons. The highest BCUT2D eigenvalue weighted by Crippen LogP contribution is 2.19. The Morgan fingerprint density at radius 2 is 2.44 bits per heavy atom. The number of amides is 1. The van der Waals surface area contributed by atoms with E-state index >= 15 is 0 Å². The summed E-state index contributed by atoms with van der Waals surface area (Å²) in [5.41, 5.74) is 1.51. The SMILES string of the molecule is O=C(CC1CNCCO1)NCCC1=CCCCC1. The van der Waals surface area contributed by atoms with E-state index < -0.39 is 0 Å². The molecule has 1 aliphatic heterocycles. The molecule has 2 rings (SSSR count). The summed E-state index contributed by atoms with van der Waals surface area (Å²) in [4.78, 5) is 11.7. The fourth-order valence-corrected chi connectivity index (χ4v) is 2.52. The molecule has 0 aromatic carbocycles. The van der Waals surface area contributed by atoms with Crippen molar-refractivity contribution in [3.05, 3.63) is 11.6 Å². The van der Waals surface area contributed by atoms with Gasteiger partial charge in [0.15, 0.2) is 0 Å². The standard InChI is InChI=1S/C14H24N2O2/c17-14(10-13-11-15-8-9-18-13)16-7-6-12-4-2-1-3-5-12/h4,13,15H,1-3,5-11H2,(H,16,17). The lowest BCUT2D eigenvalue weighted by Crippen LogP contribution is -2.41. The lowest BCUT2D eigenvalue weighted by Gasteiger charge is -2.23. The molecule has 0 bridgehead atoms. The zero-order valence-electron chi connectivity index (χ0n) is 11.0. The summed E-state index contributed by atoms with van der Waals surface area (Å²) in [6.45, 7) is 3.17. The molecule has 1 amide bonds. The number of nitrogens with one attached hydrogen (secondary N) is 2. The Morgan fingerprint density at radius 1 is 1.50 bits per heavy atom. The largest absolute Gasteiger partial charge is 0.375 e. The highest BCUT2D eigenvalue weighted by molar-refractivity contribution is 5.76. The number of carbonyl (C=O) groups is 1. The minimum atomic E-state index is 0.0487. The molecule has 0 radical (unpaired) electrons. The number of allylic oxidation sites excluding steroid dienone is 1. The lowest BCUT2D eigenvalue weighted by atomic mass is 9.97. The van der Waals surface area contributed by atoms with E-state index in [2.05, 4.69) is 16.7 Å². The van der Waals surface area contributed by atoms with Crippen molar-refractivity contribution in [3.63, 3.8) is 0 Å². The van der Waals surface area contributed by atoms with Gasteiger partial charge in [-0.15, -0.1) is 0 Å². The second-order valence-electron chi connectivity index (χ2n) is 5.11. The van der Waals surface area contributed by atoms with E-state index in [0.717, 1.165) is 26.1 Å². The molecule has 4 heteroatoms. The maximum Gasteiger partial charge on any atom is 0.222 e. The van der Waals surface area contributed by atoms with E-state index in [9.17, 15) is 4.79 Å². The van der Waals surface area contributed by atoms with Gasteiger partial charge in [0.1, 0.15) is 0 Å². The van der Waals surface area contributed by atoms with Crippen LogP contribution in [-0.2, 0) is 9.53 Å². The molecule has 2 N–H and O–H groups in total. The molecule has 1 aliphatic carbocycles. The zero-order chi connectivity index (χ0) is 12.6. The van der Waals surface area contributed by atoms with Crippen LogP contribution in [0.1, 0.15) is 38.5 Å². The molecule has 1 fully saturated rings. The second-order valence-corrected chi connectivity index (χ2v) is 5.11. The first kappa shape index (κ1) is 13.6. The quantitative estimate of drug-likeness (QED) is 0.727. The van der Waals surface area contributed by atoms with Gasteiger partial charge in [0, 0.05) is 19.6 Å². The minimum absolute atomic E-state index is 0.0487. The Bertz CT molecular complexity index is 296. The monoisotopic (exact) mass is 252 g/mol. The van der Waals surface area contributed by atoms with Gasteiger partial charge in [-0.05, 0) is 32.1 Å². The molecule has 4 nitrogen and oxygen atoms in total. The van der Waals surface area contributed by atoms with Gasteiger partial charge in [0.2, 0.25) is 5.91 Å². The third kappa shape index (κ3) is 4.78. The van der Waals surface area contributed by atoms with Gasteiger partial charge in [-0.1, -0.05) is 11.6 Å². The molecule has 0 aromatic heterocycles. The first-order valence-electron chi connectivity index (χ1n) is 7.11. The lowest BCUT2D eigenvalue weighted by molar-refractivity contribution is -0.124. The van der Waals surface area contributed by atoms with Crippen LogP contribution in [0.3, 0.4) is 0 Å². The van der Waals surface area contributed by atoms with E-state index in [1.165, 1.54) is 31.3 Å². The number of hydrogen-bond donors (Lipinski definition) is 2. The van der Waals surface area contributed by atoms with Gasteiger partial charge < -0.3 is 15.4 Å². The maximum absolute atomic E-state index is 11.7. The zero-order valence-corrected chi connectivity index (χ0v) is 11.0. The van der Waals surface area contributed by atoms with Crippen LogP contribution in [-0.4, -0.2) is 38.3 Å². The first-order valence-corrected chi connectivity index (χ1v) is 7.11. The fraction of sp³-hybridized carbons (Fsp3) is 0.786. The van der Waals surface area contributed by atoms with Crippen LogP contribution in [0.5, 0.6) is 0 Å². The van der Waals surface area contributed by atoms with Crippen LogP contribution < -0.4 is 10.6 Å². The summed E-state index contributed by atoms with van der Waals surface area (Å²) >= 11 is 0.